The van der Waals surface area contributed by atoms with E-state index in [9.17, 15) is 4.79 Å². The second-order valence-electron chi connectivity index (χ2n) is 11.7. The maximum Gasteiger partial charge on any atom is 0.255 e. The Kier molecular flexibility index (Phi) is 12.8. The van der Waals surface area contributed by atoms with Gasteiger partial charge in [0.05, 0.1) is 61.4 Å². The van der Waals surface area contributed by atoms with Gasteiger partial charge in [0.2, 0.25) is 11.5 Å². The summed E-state index contributed by atoms with van der Waals surface area (Å²) >= 11 is 0. The van der Waals surface area contributed by atoms with Crippen LogP contribution in [0.4, 0.5) is 5.69 Å². The SMILES string of the molecule is COc1cc(C2NC(=O)c3ccccc3N2)ccc1OCCCCCCOc1c(OC)cc(/C=C\c2cc(OC)c(OC)c(OC)c2)cc1OC. The largest absolute Gasteiger partial charge is 0.493 e. The minimum atomic E-state index is -0.368. The third-order valence-corrected chi connectivity index (χ3v) is 8.45. The first-order chi connectivity index (χ1) is 24.9. The van der Waals surface area contributed by atoms with Gasteiger partial charge in [0.1, 0.15) is 6.17 Å². The zero-order valence-electron chi connectivity index (χ0n) is 30.0. The predicted molar refractivity (Wildman–Crippen MR) is 197 cm³/mol. The number of rotatable bonds is 18. The molecule has 4 aromatic carbocycles. The number of hydrogen-bond donors (Lipinski definition) is 2. The Bertz CT molecular complexity index is 1770. The van der Waals surface area contributed by atoms with Crippen LogP contribution in [0.3, 0.4) is 0 Å². The fraction of sp³-hybridized carbons (Fsp3) is 0.325. The van der Waals surface area contributed by atoms with E-state index in [1.54, 1.807) is 48.7 Å². The molecule has 5 rings (SSSR count). The maximum absolute atomic E-state index is 12.6. The first-order valence-corrected chi connectivity index (χ1v) is 16.8. The first-order valence-electron chi connectivity index (χ1n) is 16.8. The van der Waals surface area contributed by atoms with Crippen LogP contribution < -0.4 is 48.5 Å². The average Bonchev–Trinajstić information content (AvgIpc) is 3.17. The summed E-state index contributed by atoms with van der Waals surface area (Å²) in [5.74, 6) is 4.57. The molecule has 0 bridgehead atoms. The van der Waals surface area contributed by atoms with Gasteiger partial charge in [-0.3, -0.25) is 4.79 Å². The predicted octanol–water partition coefficient (Wildman–Crippen LogP) is 7.78. The van der Waals surface area contributed by atoms with Gasteiger partial charge in [-0.15, -0.1) is 0 Å². The van der Waals surface area contributed by atoms with Crippen molar-refractivity contribution in [2.75, 3.05) is 61.2 Å². The van der Waals surface area contributed by atoms with Crippen molar-refractivity contribution in [1.29, 1.82) is 0 Å². The number of ether oxygens (including phenoxy) is 8. The second kappa shape index (κ2) is 17.8. The summed E-state index contributed by atoms with van der Waals surface area (Å²) in [6, 6.07) is 20.7. The van der Waals surface area contributed by atoms with Gasteiger partial charge in [0.15, 0.2) is 34.5 Å². The van der Waals surface area contributed by atoms with Crippen molar-refractivity contribution >= 4 is 23.7 Å². The van der Waals surface area contributed by atoms with Gasteiger partial charge in [-0.05, 0) is 90.9 Å². The smallest absolute Gasteiger partial charge is 0.255 e. The molecular weight excluding hydrogens is 652 g/mol. The van der Waals surface area contributed by atoms with Gasteiger partial charge < -0.3 is 48.5 Å². The zero-order chi connectivity index (χ0) is 36.2. The molecule has 0 radical (unpaired) electrons. The van der Waals surface area contributed by atoms with Crippen molar-refractivity contribution in [3.05, 3.63) is 89.0 Å². The number of benzene rings is 4. The number of carbonyl (C=O) groups is 1. The van der Waals surface area contributed by atoms with E-state index in [0.29, 0.717) is 64.8 Å². The number of carbonyl (C=O) groups excluding carboxylic acids is 1. The Morgan fingerprint density at radius 1 is 0.549 bits per heavy atom. The molecule has 0 aromatic heterocycles. The molecule has 270 valence electrons. The van der Waals surface area contributed by atoms with Crippen molar-refractivity contribution in [2.24, 2.45) is 0 Å². The van der Waals surface area contributed by atoms with Crippen LogP contribution in [0.2, 0.25) is 0 Å². The third kappa shape index (κ3) is 8.91. The van der Waals surface area contributed by atoms with Gasteiger partial charge >= 0.3 is 0 Å². The summed E-state index contributed by atoms with van der Waals surface area (Å²) in [4.78, 5) is 12.6. The van der Waals surface area contributed by atoms with Gasteiger partial charge in [-0.1, -0.05) is 30.4 Å². The highest BCUT2D eigenvalue weighted by atomic mass is 16.5. The van der Waals surface area contributed by atoms with E-state index in [4.69, 9.17) is 37.9 Å². The molecule has 51 heavy (non-hydrogen) atoms. The Balaban J connectivity index is 1.09. The van der Waals surface area contributed by atoms with Crippen molar-refractivity contribution in [2.45, 2.75) is 31.8 Å². The molecule has 2 N–H and O–H groups in total. The molecule has 0 saturated heterocycles. The number of para-hydroxylation sites is 1. The number of nitrogens with one attached hydrogen (secondary N) is 2. The lowest BCUT2D eigenvalue weighted by Gasteiger charge is -2.28. The number of unbranched alkanes of at least 4 members (excludes halogenated alkanes) is 3. The lowest BCUT2D eigenvalue weighted by atomic mass is 10.1. The maximum atomic E-state index is 12.6. The van der Waals surface area contributed by atoms with Crippen LogP contribution in [0.1, 0.15) is 58.9 Å². The monoisotopic (exact) mass is 698 g/mol. The molecule has 0 spiro atoms. The molecule has 1 aliphatic heterocycles. The van der Waals surface area contributed by atoms with Gasteiger partial charge in [-0.25, -0.2) is 0 Å². The van der Waals surface area contributed by atoms with Gasteiger partial charge in [0, 0.05) is 5.69 Å². The molecule has 1 amide bonds. The fourth-order valence-electron chi connectivity index (χ4n) is 5.80. The second-order valence-corrected chi connectivity index (χ2v) is 11.7. The molecule has 0 saturated carbocycles. The topological polar surface area (TPSA) is 115 Å². The molecule has 0 aliphatic carbocycles. The Labute approximate surface area is 299 Å². The van der Waals surface area contributed by atoms with Crippen LogP contribution >= 0.6 is 0 Å². The molecular formula is C40H46N2O9. The number of anilines is 1. The van der Waals surface area contributed by atoms with E-state index >= 15 is 0 Å². The van der Waals surface area contributed by atoms with E-state index in [1.165, 1.54) is 0 Å². The minimum absolute atomic E-state index is 0.117. The molecule has 1 atom stereocenters. The van der Waals surface area contributed by atoms with E-state index in [-0.39, 0.29) is 12.1 Å². The first kappa shape index (κ1) is 36.6. The molecule has 11 heteroatoms. The van der Waals surface area contributed by atoms with Crippen LogP contribution in [-0.4, -0.2) is 61.8 Å². The summed E-state index contributed by atoms with van der Waals surface area (Å²) in [6.07, 6.45) is 7.20. The van der Waals surface area contributed by atoms with Crippen LogP contribution in [0.25, 0.3) is 12.2 Å². The molecule has 0 fully saturated rings. The molecule has 11 nitrogen and oxygen atoms in total. The molecule has 1 heterocycles. The Morgan fingerprint density at radius 3 is 1.67 bits per heavy atom. The summed E-state index contributed by atoms with van der Waals surface area (Å²) < 4.78 is 45.5. The van der Waals surface area contributed by atoms with Crippen molar-refractivity contribution < 1.29 is 42.7 Å². The average molecular weight is 699 g/mol. The normalized spacial score (nSPS) is 13.5. The molecule has 1 unspecified atom stereocenters. The fourth-order valence-corrected chi connectivity index (χ4v) is 5.80. The number of hydrogen-bond acceptors (Lipinski definition) is 10. The lowest BCUT2D eigenvalue weighted by molar-refractivity contribution is 0.0935. The molecule has 1 aliphatic rings. The lowest BCUT2D eigenvalue weighted by Crippen LogP contribution is -2.38. The minimum Gasteiger partial charge on any atom is -0.493 e. The van der Waals surface area contributed by atoms with Gasteiger partial charge in [-0.2, -0.15) is 0 Å². The van der Waals surface area contributed by atoms with E-state index < -0.39 is 0 Å². The summed E-state index contributed by atoms with van der Waals surface area (Å²) in [5, 5.41) is 6.37. The summed E-state index contributed by atoms with van der Waals surface area (Å²) in [6.45, 7) is 1.06. The Hall–Kier alpha value is -5.71. The summed E-state index contributed by atoms with van der Waals surface area (Å²) in [7, 11) is 9.59. The van der Waals surface area contributed by atoms with Crippen molar-refractivity contribution in [3.63, 3.8) is 0 Å². The number of fused-ring (bicyclic) bond motifs is 1. The highest BCUT2D eigenvalue weighted by Gasteiger charge is 2.25. The van der Waals surface area contributed by atoms with Crippen LogP contribution in [0.5, 0.6) is 46.0 Å². The van der Waals surface area contributed by atoms with Crippen molar-refractivity contribution in [1.82, 2.24) is 5.32 Å². The number of amides is 1. The van der Waals surface area contributed by atoms with Crippen molar-refractivity contribution in [3.8, 4) is 46.0 Å². The summed E-state index contributed by atoms with van der Waals surface area (Å²) in [5.41, 5.74) is 4.04. The van der Waals surface area contributed by atoms with E-state index in [0.717, 1.165) is 48.1 Å². The van der Waals surface area contributed by atoms with Crippen LogP contribution in [-0.2, 0) is 0 Å². The standard InChI is InChI=1S/C40H46N2O9/c1-44-32-25-28(39-41-30-14-10-9-13-29(30)40(43)42-39)17-18-31(32)50-19-11-7-8-12-20-51-38-35(47-4)23-27(24-36(38)48-5)16-15-26-21-33(45-2)37(49-6)34(22-26)46-3/h9-10,13-18,21-25,39,41H,7-8,11-12,19-20H2,1-6H3,(H,42,43)/b16-15-. The number of methoxy groups -OCH3 is 6. The van der Waals surface area contributed by atoms with E-state index in [1.807, 2.05) is 72.8 Å². The zero-order valence-corrected chi connectivity index (χ0v) is 30.0. The quantitative estimate of drug-likeness (QED) is 0.0789. The Morgan fingerprint density at radius 2 is 1.10 bits per heavy atom. The van der Waals surface area contributed by atoms with Crippen LogP contribution in [0.15, 0.2) is 66.7 Å². The highest BCUT2D eigenvalue weighted by molar-refractivity contribution is 6.01. The molecule has 4 aromatic rings. The van der Waals surface area contributed by atoms with Gasteiger partial charge in [0.25, 0.3) is 5.91 Å². The highest BCUT2D eigenvalue weighted by Crippen LogP contribution is 2.41. The van der Waals surface area contributed by atoms with E-state index in [2.05, 4.69) is 10.6 Å². The third-order valence-electron chi connectivity index (χ3n) is 8.45. The van der Waals surface area contributed by atoms with Crippen LogP contribution in [0, 0.1) is 0 Å².